The topological polar surface area (TPSA) is 55.8 Å². The molecule has 5 nitrogen and oxygen atoms in total. The number of hydrogen-bond acceptors (Lipinski definition) is 4. The molecular weight excluding hydrogens is 445 g/mol. The van der Waals surface area contributed by atoms with Gasteiger partial charge in [-0.3, -0.25) is 4.31 Å². The van der Waals surface area contributed by atoms with Crippen LogP contribution in [0, 0.1) is 6.92 Å². The average Bonchev–Trinajstić information content (AvgIpc) is 2.74. The summed E-state index contributed by atoms with van der Waals surface area (Å²) in [4.78, 5) is 0.0989. The molecule has 30 heavy (non-hydrogen) atoms. The van der Waals surface area contributed by atoms with Gasteiger partial charge in [0.2, 0.25) is 0 Å². The van der Waals surface area contributed by atoms with Crippen molar-refractivity contribution in [2.24, 2.45) is 0 Å². The summed E-state index contributed by atoms with van der Waals surface area (Å²) in [6.45, 7) is 1.92. The molecule has 0 aliphatic carbocycles. The molecule has 0 aromatic heterocycles. The van der Waals surface area contributed by atoms with E-state index in [1.165, 1.54) is 24.6 Å². The van der Waals surface area contributed by atoms with Crippen LogP contribution >= 0.6 is 23.2 Å². The third-order valence-corrected chi connectivity index (χ3v) is 7.05. The van der Waals surface area contributed by atoms with E-state index in [1.807, 2.05) is 6.92 Å². The number of aryl methyl sites for hydroxylation is 1. The highest BCUT2D eigenvalue weighted by Gasteiger charge is 2.27. The summed E-state index contributed by atoms with van der Waals surface area (Å²) in [6, 6.07) is 16.7. The quantitative estimate of drug-likeness (QED) is 0.447. The Morgan fingerprint density at radius 1 is 0.867 bits per heavy atom. The summed E-state index contributed by atoms with van der Waals surface area (Å²) in [7, 11) is -0.905. The fraction of sp³-hybridized carbons (Fsp3) is 0.182. The zero-order valence-electron chi connectivity index (χ0n) is 16.7. The maximum atomic E-state index is 13.6. The highest BCUT2D eigenvalue weighted by atomic mass is 35.5. The molecule has 0 aliphatic rings. The van der Waals surface area contributed by atoms with Gasteiger partial charge in [0, 0.05) is 16.1 Å². The minimum absolute atomic E-state index is 0.0977. The van der Waals surface area contributed by atoms with Crippen molar-refractivity contribution < 1.29 is 17.9 Å². The Morgan fingerprint density at radius 3 is 2.13 bits per heavy atom. The Morgan fingerprint density at radius 2 is 1.53 bits per heavy atom. The van der Waals surface area contributed by atoms with E-state index < -0.39 is 10.0 Å². The number of anilines is 1. The minimum atomic E-state index is -3.93. The van der Waals surface area contributed by atoms with Crippen LogP contribution in [-0.2, 0) is 16.6 Å². The number of methoxy groups -OCH3 is 2. The largest absolute Gasteiger partial charge is 0.493 e. The third-order valence-electron chi connectivity index (χ3n) is 4.63. The average molecular weight is 466 g/mol. The molecule has 3 rings (SSSR count). The molecule has 0 aliphatic heterocycles. The molecule has 0 radical (unpaired) electrons. The molecule has 0 saturated carbocycles. The molecular formula is C22H21Cl2NO4S. The predicted octanol–water partition coefficient (Wildman–Crippen LogP) is 5.71. The second-order valence-electron chi connectivity index (χ2n) is 6.59. The van der Waals surface area contributed by atoms with Gasteiger partial charge in [-0.2, -0.15) is 0 Å². The van der Waals surface area contributed by atoms with Crippen molar-refractivity contribution in [1.29, 1.82) is 0 Å². The van der Waals surface area contributed by atoms with Gasteiger partial charge < -0.3 is 9.47 Å². The number of rotatable bonds is 7. The van der Waals surface area contributed by atoms with Crippen LogP contribution in [-0.4, -0.2) is 22.6 Å². The monoisotopic (exact) mass is 465 g/mol. The lowest BCUT2D eigenvalue weighted by Gasteiger charge is -2.26. The normalized spacial score (nSPS) is 11.2. The van der Waals surface area contributed by atoms with Gasteiger partial charge >= 0.3 is 0 Å². The lowest BCUT2D eigenvalue weighted by molar-refractivity contribution is 0.355. The summed E-state index contributed by atoms with van der Waals surface area (Å²) in [5.74, 6) is 0.928. The Kier molecular flexibility index (Phi) is 6.81. The zero-order chi connectivity index (χ0) is 21.9. The van der Waals surface area contributed by atoms with Crippen LogP contribution in [0.4, 0.5) is 5.69 Å². The van der Waals surface area contributed by atoms with Crippen molar-refractivity contribution >= 4 is 38.9 Å². The van der Waals surface area contributed by atoms with E-state index in [0.29, 0.717) is 27.2 Å². The Labute approximate surface area is 186 Å². The molecule has 0 heterocycles. The minimum Gasteiger partial charge on any atom is -0.493 e. The van der Waals surface area contributed by atoms with Crippen molar-refractivity contribution in [3.63, 3.8) is 0 Å². The van der Waals surface area contributed by atoms with E-state index in [4.69, 9.17) is 32.7 Å². The Balaban J connectivity index is 2.13. The van der Waals surface area contributed by atoms with E-state index in [1.54, 1.807) is 54.6 Å². The van der Waals surface area contributed by atoms with Crippen LogP contribution in [0.5, 0.6) is 11.5 Å². The zero-order valence-corrected chi connectivity index (χ0v) is 19.1. The van der Waals surface area contributed by atoms with Crippen LogP contribution in [0.3, 0.4) is 0 Å². The van der Waals surface area contributed by atoms with Crippen LogP contribution < -0.4 is 13.8 Å². The summed E-state index contributed by atoms with van der Waals surface area (Å²) in [5, 5.41) is 0.958. The van der Waals surface area contributed by atoms with Crippen molar-refractivity contribution in [2.45, 2.75) is 18.4 Å². The molecule has 0 unspecified atom stereocenters. The third kappa shape index (κ3) is 4.67. The molecule has 3 aromatic rings. The van der Waals surface area contributed by atoms with Gasteiger partial charge in [0.15, 0.2) is 11.5 Å². The Hall–Kier alpha value is -2.41. The molecule has 3 aromatic carbocycles. The summed E-state index contributed by atoms with van der Waals surface area (Å²) in [5.41, 5.74) is 2.00. The maximum absolute atomic E-state index is 13.6. The van der Waals surface area contributed by atoms with Crippen molar-refractivity contribution in [1.82, 2.24) is 0 Å². The molecule has 0 spiro atoms. The van der Waals surface area contributed by atoms with Crippen LogP contribution in [0.2, 0.25) is 10.0 Å². The van der Waals surface area contributed by atoms with Gasteiger partial charge in [0.05, 0.1) is 31.3 Å². The van der Waals surface area contributed by atoms with Crippen molar-refractivity contribution in [3.8, 4) is 11.5 Å². The van der Waals surface area contributed by atoms with Crippen LogP contribution in [0.15, 0.2) is 65.6 Å². The number of benzene rings is 3. The maximum Gasteiger partial charge on any atom is 0.264 e. The molecule has 0 fully saturated rings. The van der Waals surface area contributed by atoms with Gasteiger partial charge in [-0.15, -0.1) is 0 Å². The first-order chi connectivity index (χ1) is 14.3. The summed E-state index contributed by atoms with van der Waals surface area (Å²) >= 11 is 12.2. The molecule has 0 saturated heterocycles. The van der Waals surface area contributed by atoms with Crippen molar-refractivity contribution in [3.05, 3.63) is 81.8 Å². The first kappa shape index (κ1) is 22.3. The predicted molar refractivity (Wildman–Crippen MR) is 121 cm³/mol. The highest BCUT2D eigenvalue weighted by molar-refractivity contribution is 7.92. The van der Waals surface area contributed by atoms with E-state index in [0.717, 1.165) is 11.1 Å². The fourth-order valence-corrected chi connectivity index (χ4v) is 4.75. The number of sulfonamides is 1. The van der Waals surface area contributed by atoms with Gasteiger partial charge in [-0.25, -0.2) is 8.42 Å². The van der Waals surface area contributed by atoms with Crippen LogP contribution in [0.25, 0.3) is 0 Å². The molecule has 0 N–H and O–H groups in total. The second kappa shape index (κ2) is 9.16. The highest BCUT2D eigenvalue weighted by Crippen LogP contribution is 2.35. The van der Waals surface area contributed by atoms with E-state index in [2.05, 4.69) is 0 Å². The fourth-order valence-electron chi connectivity index (χ4n) is 2.91. The van der Waals surface area contributed by atoms with Crippen molar-refractivity contribution in [2.75, 3.05) is 18.5 Å². The summed E-state index contributed by atoms with van der Waals surface area (Å²) in [6.07, 6.45) is 0. The molecule has 8 heteroatoms. The SMILES string of the molecule is COc1ccc(N(Cc2ccc(Cl)cc2)S(=O)(=O)c2ccc(C)c(Cl)c2)cc1OC. The van der Waals surface area contributed by atoms with Gasteiger partial charge in [0.25, 0.3) is 10.0 Å². The summed E-state index contributed by atoms with van der Waals surface area (Å²) < 4.78 is 39.1. The first-order valence-corrected chi connectivity index (χ1v) is 11.2. The number of nitrogens with zero attached hydrogens (tertiary/aromatic N) is 1. The Bertz CT molecular complexity index is 1150. The van der Waals surface area contributed by atoms with E-state index in [-0.39, 0.29) is 11.4 Å². The van der Waals surface area contributed by atoms with E-state index in [9.17, 15) is 8.42 Å². The van der Waals surface area contributed by atoms with Gasteiger partial charge in [-0.1, -0.05) is 41.4 Å². The lowest BCUT2D eigenvalue weighted by atomic mass is 10.2. The molecule has 158 valence electrons. The smallest absolute Gasteiger partial charge is 0.264 e. The molecule has 0 bridgehead atoms. The van der Waals surface area contributed by atoms with Gasteiger partial charge in [-0.05, 0) is 54.4 Å². The van der Waals surface area contributed by atoms with Gasteiger partial charge in [0.1, 0.15) is 0 Å². The standard InChI is InChI=1S/C22H21Cl2NO4S/c1-15-4-10-19(13-20(15)24)30(26,27)25(14-16-5-7-17(23)8-6-16)18-9-11-21(28-2)22(12-18)29-3/h4-13H,14H2,1-3H3. The second-order valence-corrected chi connectivity index (χ2v) is 9.29. The number of halogens is 2. The number of ether oxygens (including phenoxy) is 2. The molecule has 0 amide bonds. The van der Waals surface area contributed by atoms with E-state index >= 15 is 0 Å². The molecule has 0 atom stereocenters. The van der Waals surface area contributed by atoms with Crippen LogP contribution in [0.1, 0.15) is 11.1 Å². The first-order valence-electron chi connectivity index (χ1n) is 9.01. The number of hydrogen-bond donors (Lipinski definition) is 0. The lowest BCUT2D eigenvalue weighted by Crippen LogP contribution is -2.30.